The second-order valence-electron chi connectivity index (χ2n) is 8.78. The number of sulfonamides is 1. The Kier molecular flexibility index (Phi) is 6.93. The molecule has 0 spiro atoms. The van der Waals surface area contributed by atoms with E-state index in [9.17, 15) is 17.2 Å². The predicted molar refractivity (Wildman–Crippen MR) is 138 cm³/mol. The van der Waals surface area contributed by atoms with Crippen LogP contribution in [0.3, 0.4) is 0 Å². The van der Waals surface area contributed by atoms with Gasteiger partial charge < -0.3 is 9.64 Å². The molecule has 0 amide bonds. The molecule has 0 aliphatic heterocycles. The highest BCUT2D eigenvalue weighted by Crippen LogP contribution is 2.30. The van der Waals surface area contributed by atoms with Gasteiger partial charge in [-0.2, -0.15) is 0 Å². The Hall–Kier alpha value is -4.50. The van der Waals surface area contributed by atoms with Crippen molar-refractivity contribution in [2.24, 2.45) is 0 Å². The molecule has 0 aliphatic rings. The van der Waals surface area contributed by atoms with E-state index in [1.807, 2.05) is 25.2 Å². The van der Waals surface area contributed by atoms with Gasteiger partial charge >= 0.3 is 0 Å². The molecule has 0 saturated heterocycles. The van der Waals surface area contributed by atoms with Gasteiger partial charge in [0.15, 0.2) is 5.65 Å². The van der Waals surface area contributed by atoms with Crippen molar-refractivity contribution in [2.75, 3.05) is 32.5 Å². The zero-order valence-electron chi connectivity index (χ0n) is 21.1. The third-order valence-corrected chi connectivity index (χ3v) is 7.14. The highest BCUT2D eigenvalue weighted by Gasteiger charge is 2.22. The van der Waals surface area contributed by atoms with E-state index in [0.717, 1.165) is 18.7 Å². The Morgan fingerprint density at radius 2 is 1.85 bits per heavy atom. The molecule has 0 fully saturated rings. The summed E-state index contributed by atoms with van der Waals surface area (Å²) in [6, 6.07) is 3.63. The molecule has 0 unspecified atom stereocenters. The maximum atomic E-state index is 14.2. The molecule has 0 atom stereocenters. The Morgan fingerprint density at radius 1 is 1.03 bits per heavy atom. The molecule has 4 aromatic heterocycles. The fourth-order valence-corrected chi connectivity index (χ4v) is 4.88. The molecule has 0 bridgehead atoms. The number of anilines is 1. The van der Waals surface area contributed by atoms with Crippen LogP contribution in [0.4, 0.5) is 14.5 Å². The lowest BCUT2D eigenvalue weighted by molar-refractivity contribution is 0.370. The van der Waals surface area contributed by atoms with Gasteiger partial charge in [0.25, 0.3) is 10.0 Å². The summed E-state index contributed by atoms with van der Waals surface area (Å²) >= 11 is 0. The Balaban J connectivity index is 1.49. The second-order valence-corrected chi connectivity index (χ2v) is 10.4. The fourth-order valence-electron chi connectivity index (χ4n) is 3.78. The minimum atomic E-state index is -4.44. The smallest absolute Gasteiger partial charge is 0.264 e. The SMILES string of the molecule is COc1ncc(-c2cn3c(-c4cn(CCN(C)C)nn4)cnc3cn2)cc1NS(=O)(=O)c1ccc(F)cc1F. The van der Waals surface area contributed by atoms with E-state index in [2.05, 4.69) is 30.0 Å². The van der Waals surface area contributed by atoms with E-state index in [1.165, 1.54) is 19.4 Å². The first-order valence-electron chi connectivity index (χ1n) is 11.6. The Morgan fingerprint density at radius 3 is 2.59 bits per heavy atom. The van der Waals surface area contributed by atoms with Crippen LogP contribution in [0.25, 0.3) is 28.3 Å². The van der Waals surface area contributed by atoms with E-state index in [4.69, 9.17) is 4.74 Å². The van der Waals surface area contributed by atoms with Crippen LogP contribution < -0.4 is 9.46 Å². The predicted octanol–water partition coefficient (Wildman–Crippen LogP) is 2.70. The van der Waals surface area contributed by atoms with Crippen molar-refractivity contribution in [3.63, 3.8) is 0 Å². The largest absolute Gasteiger partial charge is 0.480 e. The number of nitrogens with zero attached hydrogens (tertiary/aromatic N) is 8. The number of hydrogen-bond acceptors (Lipinski definition) is 9. The summed E-state index contributed by atoms with van der Waals surface area (Å²) in [7, 11) is 0.824. The molecule has 202 valence electrons. The minimum absolute atomic E-state index is 0.0522. The van der Waals surface area contributed by atoms with Gasteiger partial charge in [0.1, 0.15) is 27.9 Å². The first kappa shape index (κ1) is 26.1. The standard InChI is InChI=1S/C24H23F2N9O3S/c1-33(2)6-7-34-13-20(30-32-34)21-11-28-23-12-27-19(14-35(21)23)15-8-18(24(38-3)29-10-15)31-39(36,37)22-5-4-16(25)9-17(22)26/h4-5,8-14,31H,6-7H2,1-3H3. The van der Waals surface area contributed by atoms with Crippen molar-refractivity contribution in [3.05, 3.63) is 66.9 Å². The number of aromatic nitrogens is 7. The van der Waals surface area contributed by atoms with E-state index in [-0.39, 0.29) is 11.6 Å². The lowest BCUT2D eigenvalue weighted by Crippen LogP contribution is -2.18. The highest BCUT2D eigenvalue weighted by molar-refractivity contribution is 7.92. The average molecular weight is 556 g/mol. The number of hydrogen-bond donors (Lipinski definition) is 1. The second kappa shape index (κ2) is 10.3. The quantitative estimate of drug-likeness (QED) is 0.292. The van der Waals surface area contributed by atoms with Crippen molar-refractivity contribution in [3.8, 4) is 28.5 Å². The molecule has 1 aromatic carbocycles. The van der Waals surface area contributed by atoms with E-state index in [1.54, 1.807) is 27.7 Å². The number of likely N-dealkylation sites (N-methyl/N-ethyl adjacent to an activating group) is 1. The van der Waals surface area contributed by atoms with Crippen LogP contribution in [0, 0.1) is 11.6 Å². The maximum Gasteiger partial charge on any atom is 0.264 e. The third-order valence-electron chi connectivity index (χ3n) is 5.74. The number of nitrogens with one attached hydrogen (secondary N) is 1. The van der Waals surface area contributed by atoms with Crippen molar-refractivity contribution in [1.82, 2.24) is 39.2 Å². The van der Waals surface area contributed by atoms with E-state index >= 15 is 0 Å². The summed E-state index contributed by atoms with van der Waals surface area (Å²) in [6.45, 7) is 1.47. The van der Waals surface area contributed by atoms with E-state index in [0.29, 0.717) is 40.9 Å². The van der Waals surface area contributed by atoms with E-state index < -0.39 is 26.6 Å². The molecular formula is C24H23F2N9O3S. The van der Waals surface area contributed by atoms with Crippen LogP contribution in [0.1, 0.15) is 0 Å². The first-order chi connectivity index (χ1) is 18.6. The minimum Gasteiger partial charge on any atom is -0.480 e. The molecule has 15 heteroatoms. The summed E-state index contributed by atoms with van der Waals surface area (Å²) < 4.78 is 64.2. The molecule has 5 aromatic rings. The van der Waals surface area contributed by atoms with Crippen LogP contribution in [0.5, 0.6) is 5.88 Å². The molecule has 1 N–H and O–H groups in total. The van der Waals surface area contributed by atoms with Gasteiger partial charge in [0, 0.05) is 30.6 Å². The maximum absolute atomic E-state index is 14.2. The average Bonchev–Trinajstić information content (AvgIpc) is 3.53. The summed E-state index contributed by atoms with van der Waals surface area (Å²) in [6.07, 6.45) is 8.19. The number of ether oxygens (including phenoxy) is 1. The summed E-state index contributed by atoms with van der Waals surface area (Å²) in [5, 5.41) is 8.44. The molecule has 0 radical (unpaired) electrons. The molecule has 0 aliphatic carbocycles. The molecule has 5 rings (SSSR count). The third kappa shape index (κ3) is 5.39. The van der Waals surface area contributed by atoms with Gasteiger partial charge in [0.05, 0.1) is 43.6 Å². The van der Waals surface area contributed by atoms with Crippen molar-refractivity contribution >= 4 is 21.4 Å². The highest BCUT2D eigenvalue weighted by atomic mass is 32.2. The molecule has 39 heavy (non-hydrogen) atoms. The van der Waals surface area contributed by atoms with Gasteiger partial charge in [-0.3, -0.25) is 18.8 Å². The van der Waals surface area contributed by atoms with Gasteiger partial charge in [-0.05, 0) is 32.3 Å². The normalized spacial score (nSPS) is 11.8. The van der Waals surface area contributed by atoms with Gasteiger partial charge in [0.2, 0.25) is 5.88 Å². The van der Waals surface area contributed by atoms with Crippen molar-refractivity contribution in [2.45, 2.75) is 11.4 Å². The molecular weight excluding hydrogens is 532 g/mol. The lowest BCUT2D eigenvalue weighted by atomic mass is 10.2. The lowest BCUT2D eigenvalue weighted by Gasteiger charge is -2.13. The molecule has 12 nitrogen and oxygen atoms in total. The van der Waals surface area contributed by atoms with Gasteiger partial charge in [-0.25, -0.2) is 27.2 Å². The van der Waals surface area contributed by atoms with Crippen LogP contribution in [0.2, 0.25) is 0 Å². The zero-order valence-corrected chi connectivity index (χ0v) is 21.9. The number of halogens is 2. The topological polar surface area (TPSA) is 132 Å². The van der Waals surface area contributed by atoms with Crippen LogP contribution in [0.15, 0.2) is 60.1 Å². The molecule has 0 saturated carbocycles. The number of rotatable bonds is 9. The first-order valence-corrected chi connectivity index (χ1v) is 13.0. The number of imidazole rings is 1. The number of fused-ring (bicyclic) bond motifs is 1. The van der Waals surface area contributed by atoms with Crippen molar-refractivity contribution < 1.29 is 21.9 Å². The van der Waals surface area contributed by atoms with Crippen LogP contribution >= 0.6 is 0 Å². The zero-order chi connectivity index (χ0) is 27.7. The van der Waals surface area contributed by atoms with Crippen LogP contribution in [-0.2, 0) is 16.6 Å². The van der Waals surface area contributed by atoms with Crippen molar-refractivity contribution in [1.29, 1.82) is 0 Å². The Bertz CT molecular complexity index is 1770. The van der Waals surface area contributed by atoms with Gasteiger partial charge in [-0.1, -0.05) is 5.21 Å². The number of pyridine rings is 1. The number of benzene rings is 1. The number of methoxy groups -OCH3 is 1. The summed E-state index contributed by atoms with van der Waals surface area (Å²) in [5.74, 6) is -2.18. The van der Waals surface area contributed by atoms with Gasteiger partial charge in [-0.15, -0.1) is 5.10 Å². The Labute approximate surface area is 222 Å². The van der Waals surface area contributed by atoms with Crippen LogP contribution in [-0.4, -0.2) is 75.4 Å². The fraction of sp³-hybridized carbons (Fsp3) is 0.208. The summed E-state index contributed by atoms with van der Waals surface area (Å²) in [5.41, 5.74) is 2.66. The monoisotopic (exact) mass is 555 g/mol. The summed E-state index contributed by atoms with van der Waals surface area (Å²) in [4.78, 5) is 14.3. The molecule has 4 heterocycles.